The number of hydrogen-bond donors (Lipinski definition) is 2. The summed E-state index contributed by atoms with van der Waals surface area (Å²) in [6.07, 6.45) is -0.804. The van der Waals surface area contributed by atoms with Crippen LogP contribution in [0.2, 0.25) is 0 Å². The van der Waals surface area contributed by atoms with Gasteiger partial charge in [0, 0.05) is 30.4 Å². The average Bonchev–Trinajstić information content (AvgIpc) is 2.49. The lowest BCUT2D eigenvalue weighted by molar-refractivity contribution is 0.215. The number of aliphatic hydroxyl groups excluding tert-OH is 1. The van der Waals surface area contributed by atoms with Crippen LogP contribution in [0.5, 0.6) is 5.75 Å². The maximum absolute atomic E-state index is 10.3. The molecule has 2 aromatic carbocycles. The van der Waals surface area contributed by atoms with Gasteiger partial charge in [0.05, 0.1) is 0 Å². The lowest BCUT2D eigenvalue weighted by Crippen LogP contribution is -2.21. The molecule has 3 heteroatoms. The van der Waals surface area contributed by atoms with Crippen molar-refractivity contribution in [3.05, 3.63) is 59.7 Å². The standard InChI is InChI=1S/C17H21NO2/c1-3-18(4-2)14-10-11-15(16(19)12-14)17(20)13-8-6-5-7-9-13/h5-12,17,19-20H,3-4H2,1-2H3. The molecule has 0 radical (unpaired) electrons. The molecule has 3 nitrogen and oxygen atoms in total. The van der Waals surface area contributed by atoms with Crippen molar-refractivity contribution < 1.29 is 10.2 Å². The van der Waals surface area contributed by atoms with Crippen LogP contribution in [0.25, 0.3) is 0 Å². The van der Waals surface area contributed by atoms with Crippen LogP contribution in [0, 0.1) is 0 Å². The summed E-state index contributed by atoms with van der Waals surface area (Å²) in [5, 5.41) is 20.5. The van der Waals surface area contributed by atoms with Gasteiger partial charge in [-0.2, -0.15) is 0 Å². The highest BCUT2D eigenvalue weighted by Gasteiger charge is 2.15. The smallest absolute Gasteiger partial charge is 0.123 e. The number of aromatic hydroxyl groups is 1. The van der Waals surface area contributed by atoms with E-state index in [4.69, 9.17) is 0 Å². The first-order valence-corrected chi connectivity index (χ1v) is 6.98. The summed E-state index contributed by atoms with van der Waals surface area (Å²) >= 11 is 0. The molecule has 0 aliphatic carbocycles. The topological polar surface area (TPSA) is 43.7 Å². The molecule has 0 aliphatic rings. The van der Waals surface area contributed by atoms with Crippen molar-refractivity contribution >= 4 is 5.69 Å². The lowest BCUT2D eigenvalue weighted by Gasteiger charge is -2.22. The first-order chi connectivity index (χ1) is 9.67. The van der Waals surface area contributed by atoms with Crippen LogP contribution in [-0.2, 0) is 0 Å². The highest BCUT2D eigenvalue weighted by atomic mass is 16.3. The Morgan fingerprint density at radius 1 is 1.00 bits per heavy atom. The Morgan fingerprint density at radius 3 is 2.20 bits per heavy atom. The van der Waals surface area contributed by atoms with E-state index >= 15 is 0 Å². The van der Waals surface area contributed by atoms with Gasteiger partial charge in [0.1, 0.15) is 11.9 Å². The molecular formula is C17H21NO2. The first kappa shape index (κ1) is 14.4. The van der Waals surface area contributed by atoms with Crippen molar-refractivity contribution in [2.45, 2.75) is 20.0 Å². The van der Waals surface area contributed by atoms with Gasteiger partial charge in [-0.15, -0.1) is 0 Å². The Balaban J connectivity index is 2.30. The summed E-state index contributed by atoms with van der Waals surface area (Å²) in [4.78, 5) is 2.15. The van der Waals surface area contributed by atoms with Crippen molar-refractivity contribution in [1.29, 1.82) is 0 Å². The Morgan fingerprint density at radius 2 is 1.65 bits per heavy atom. The molecule has 0 spiro atoms. The van der Waals surface area contributed by atoms with Gasteiger partial charge in [-0.3, -0.25) is 0 Å². The van der Waals surface area contributed by atoms with E-state index in [0.29, 0.717) is 5.56 Å². The molecule has 0 fully saturated rings. The number of nitrogens with zero attached hydrogens (tertiary/aromatic N) is 1. The minimum atomic E-state index is -0.804. The first-order valence-electron chi connectivity index (χ1n) is 6.98. The van der Waals surface area contributed by atoms with Gasteiger partial charge in [0.15, 0.2) is 0 Å². The molecule has 0 bridgehead atoms. The van der Waals surface area contributed by atoms with E-state index in [-0.39, 0.29) is 5.75 Å². The number of phenols is 1. The molecule has 2 aromatic rings. The molecule has 0 aromatic heterocycles. The Bertz CT molecular complexity index is 550. The minimum Gasteiger partial charge on any atom is -0.507 e. The van der Waals surface area contributed by atoms with Crippen LogP contribution in [0.15, 0.2) is 48.5 Å². The number of rotatable bonds is 5. The van der Waals surface area contributed by atoms with E-state index in [0.717, 1.165) is 24.3 Å². The van der Waals surface area contributed by atoms with Crippen LogP contribution in [0.3, 0.4) is 0 Å². The predicted molar refractivity (Wildman–Crippen MR) is 82.2 cm³/mol. The van der Waals surface area contributed by atoms with E-state index in [2.05, 4.69) is 18.7 Å². The Kier molecular flexibility index (Phi) is 4.64. The quantitative estimate of drug-likeness (QED) is 0.876. The molecule has 106 valence electrons. The molecule has 0 heterocycles. The molecule has 20 heavy (non-hydrogen) atoms. The number of hydrogen-bond acceptors (Lipinski definition) is 3. The summed E-state index contributed by atoms with van der Waals surface area (Å²) in [6.45, 7) is 5.92. The Hall–Kier alpha value is -2.00. The molecule has 2 N–H and O–H groups in total. The fourth-order valence-corrected chi connectivity index (χ4v) is 2.36. The van der Waals surface area contributed by atoms with E-state index in [1.165, 1.54) is 0 Å². The fraction of sp³-hybridized carbons (Fsp3) is 0.294. The third-order valence-electron chi connectivity index (χ3n) is 3.55. The maximum atomic E-state index is 10.3. The minimum absolute atomic E-state index is 0.130. The summed E-state index contributed by atoms with van der Waals surface area (Å²) in [7, 11) is 0. The van der Waals surface area contributed by atoms with Gasteiger partial charge in [0.2, 0.25) is 0 Å². The molecular weight excluding hydrogens is 250 g/mol. The molecule has 0 saturated carbocycles. The van der Waals surface area contributed by atoms with Crippen molar-refractivity contribution in [3.63, 3.8) is 0 Å². The molecule has 0 saturated heterocycles. The third-order valence-corrected chi connectivity index (χ3v) is 3.55. The van der Waals surface area contributed by atoms with Crippen LogP contribution >= 0.6 is 0 Å². The monoisotopic (exact) mass is 271 g/mol. The summed E-state index contributed by atoms with van der Waals surface area (Å²) in [5.41, 5.74) is 2.28. The highest BCUT2D eigenvalue weighted by Crippen LogP contribution is 2.32. The molecule has 0 aliphatic heterocycles. The molecule has 2 rings (SSSR count). The maximum Gasteiger partial charge on any atom is 0.123 e. The number of benzene rings is 2. The summed E-state index contributed by atoms with van der Waals surface area (Å²) in [6, 6.07) is 14.8. The molecule has 1 unspecified atom stereocenters. The second kappa shape index (κ2) is 6.44. The highest BCUT2D eigenvalue weighted by molar-refractivity contribution is 5.54. The third kappa shape index (κ3) is 2.94. The fourth-order valence-electron chi connectivity index (χ4n) is 2.36. The van der Waals surface area contributed by atoms with Crippen LogP contribution in [0.1, 0.15) is 31.1 Å². The van der Waals surface area contributed by atoms with Gasteiger partial charge in [-0.05, 0) is 25.5 Å². The number of anilines is 1. The van der Waals surface area contributed by atoms with E-state index in [1.807, 2.05) is 36.4 Å². The van der Waals surface area contributed by atoms with Gasteiger partial charge in [-0.25, -0.2) is 0 Å². The van der Waals surface area contributed by atoms with Crippen molar-refractivity contribution in [1.82, 2.24) is 0 Å². The van der Waals surface area contributed by atoms with Gasteiger partial charge >= 0.3 is 0 Å². The van der Waals surface area contributed by atoms with Gasteiger partial charge in [0.25, 0.3) is 0 Å². The second-order valence-electron chi connectivity index (χ2n) is 4.73. The van der Waals surface area contributed by atoms with Gasteiger partial charge in [-0.1, -0.05) is 36.4 Å². The zero-order chi connectivity index (χ0) is 14.5. The van der Waals surface area contributed by atoms with Crippen LogP contribution < -0.4 is 4.90 Å². The largest absolute Gasteiger partial charge is 0.507 e. The average molecular weight is 271 g/mol. The molecule has 0 amide bonds. The SMILES string of the molecule is CCN(CC)c1ccc(C(O)c2ccccc2)c(O)c1. The zero-order valence-electron chi connectivity index (χ0n) is 12.0. The van der Waals surface area contributed by atoms with Crippen LogP contribution in [-0.4, -0.2) is 23.3 Å². The van der Waals surface area contributed by atoms with E-state index in [9.17, 15) is 10.2 Å². The normalized spacial score (nSPS) is 12.2. The lowest BCUT2D eigenvalue weighted by atomic mass is 10.0. The Labute approximate surface area is 120 Å². The van der Waals surface area contributed by atoms with E-state index in [1.54, 1.807) is 12.1 Å². The zero-order valence-corrected chi connectivity index (χ0v) is 12.0. The van der Waals surface area contributed by atoms with Gasteiger partial charge < -0.3 is 15.1 Å². The van der Waals surface area contributed by atoms with Crippen molar-refractivity contribution in [3.8, 4) is 5.75 Å². The summed E-state index contributed by atoms with van der Waals surface area (Å²) < 4.78 is 0. The second-order valence-corrected chi connectivity index (χ2v) is 4.73. The predicted octanol–water partition coefficient (Wildman–Crippen LogP) is 3.32. The van der Waals surface area contributed by atoms with Crippen molar-refractivity contribution in [2.24, 2.45) is 0 Å². The number of aliphatic hydroxyl groups is 1. The van der Waals surface area contributed by atoms with Crippen molar-refractivity contribution in [2.75, 3.05) is 18.0 Å². The van der Waals surface area contributed by atoms with E-state index < -0.39 is 6.10 Å². The summed E-state index contributed by atoms with van der Waals surface area (Å²) in [5.74, 6) is 0.130. The number of phenolic OH excluding ortho intramolecular Hbond substituents is 1. The van der Waals surface area contributed by atoms with Crippen LogP contribution in [0.4, 0.5) is 5.69 Å². The molecule has 1 atom stereocenters.